The zero-order valence-electron chi connectivity index (χ0n) is 20.4. The van der Waals surface area contributed by atoms with Crippen LogP contribution in [0.1, 0.15) is 37.8 Å². The van der Waals surface area contributed by atoms with Crippen molar-refractivity contribution in [1.29, 1.82) is 0 Å². The normalized spacial score (nSPS) is 13.7. The van der Waals surface area contributed by atoms with Crippen LogP contribution in [-0.4, -0.2) is 78.2 Å². The van der Waals surface area contributed by atoms with Crippen molar-refractivity contribution in [2.45, 2.75) is 38.3 Å². The van der Waals surface area contributed by atoms with E-state index >= 15 is 0 Å². The van der Waals surface area contributed by atoms with Crippen molar-refractivity contribution in [2.75, 3.05) is 33.8 Å². The van der Waals surface area contributed by atoms with Gasteiger partial charge in [-0.15, -0.1) is 0 Å². The van der Waals surface area contributed by atoms with Crippen molar-refractivity contribution in [3.63, 3.8) is 0 Å². The lowest BCUT2D eigenvalue weighted by atomic mass is 9.98. The molecule has 0 aromatic heterocycles. The van der Waals surface area contributed by atoms with Crippen molar-refractivity contribution in [3.8, 4) is 11.1 Å². The highest BCUT2D eigenvalue weighted by molar-refractivity contribution is 5.89. The van der Waals surface area contributed by atoms with E-state index in [2.05, 4.69) is 17.4 Å². The van der Waals surface area contributed by atoms with Gasteiger partial charge in [-0.3, -0.25) is 9.59 Å². The smallest absolute Gasteiger partial charge is 0.407 e. The van der Waals surface area contributed by atoms with Crippen molar-refractivity contribution >= 4 is 18.0 Å². The maximum absolute atomic E-state index is 13.2. The van der Waals surface area contributed by atoms with E-state index in [1.807, 2.05) is 36.4 Å². The standard InChI is InChI=1S/C26H33N3O5/c1-26(2,3)29(15-23(30)31)24(32)22(14-28(4)5)27-25(33)34-16-21-19-12-8-6-10-17(19)18-11-7-9-13-20(18)21/h6-13,21-22H,14-16H2,1-5H3,(H,27,33)(H,30,31). The SMILES string of the molecule is CN(C)CC(NC(=O)OCC1c2ccccc2-c2ccccc21)C(=O)N(CC(=O)O)C(C)(C)C. The number of likely N-dealkylation sites (N-methyl/N-ethyl adjacent to an activating group) is 1. The van der Waals surface area contributed by atoms with Gasteiger partial charge in [0.1, 0.15) is 19.2 Å². The topological polar surface area (TPSA) is 99.2 Å². The number of carboxylic acid groups (broad SMARTS) is 1. The Balaban J connectivity index is 1.73. The summed E-state index contributed by atoms with van der Waals surface area (Å²) in [6.45, 7) is 5.14. The highest BCUT2D eigenvalue weighted by Gasteiger charge is 2.35. The fourth-order valence-electron chi connectivity index (χ4n) is 4.30. The number of fused-ring (bicyclic) bond motifs is 3. The summed E-state index contributed by atoms with van der Waals surface area (Å²) in [5.41, 5.74) is 3.71. The molecule has 0 saturated carbocycles. The molecule has 34 heavy (non-hydrogen) atoms. The number of hydrogen-bond donors (Lipinski definition) is 2. The minimum atomic E-state index is -1.12. The summed E-state index contributed by atoms with van der Waals surface area (Å²) in [5, 5.41) is 11.9. The molecule has 0 spiro atoms. The number of hydrogen-bond acceptors (Lipinski definition) is 5. The first-order chi connectivity index (χ1) is 16.0. The highest BCUT2D eigenvalue weighted by Crippen LogP contribution is 2.44. The van der Waals surface area contributed by atoms with E-state index in [1.165, 1.54) is 4.90 Å². The number of alkyl carbamates (subject to hydrolysis) is 1. The largest absolute Gasteiger partial charge is 0.480 e. The Bertz CT molecular complexity index is 1010. The minimum absolute atomic E-state index is 0.0979. The summed E-state index contributed by atoms with van der Waals surface area (Å²) in [6.07, 6.45) is -0.716. The van der Waals surface area contributed by atoms with E-state index in [0.717, 1.165) is 22.3 Å². The lowest BCUT2D eigenvalue weighted by Crippen LogP contribution is -2.58. The third-order valence-corrected chi connectivity index (χ3v) is 5.85. The molecular formula is C26H33N3O5. The number of rotatable bonds is 8. The number of benzene rings is 2. The number of carboxylic acids is 1. The molecule has 1 unspecified atom stereocenters. The summed E-state index contributed by atoms with van der Waals surface area (Å²) >= 11 is 0. The first-order valence-electron chi connectivity index (χ1n) is 11.3. The molecular weight excluding hydrogens is 434 g/mol. The lowest BCUT2D eigenvalue weighted by Gasteiger charge is -2.37. The number of carbonyl (C=O) groups excluding carboxylic acids is 2. The van der Waals surface area contributed by atoms with Gasteiger partial charge in [-0.05, 0) is 57.1 Å². The van der Waals surface area contributed by atoms with Gasteiger partial charge in [0.25, 0.3) is 0 Å². The minimum Gasteiger partial charge on any atom is -0.480 e. The maximum atomic E-state index is 13.2. The quantitative estimate of drug-likeness (QED) is 0.619. The summed E-state index contributed by atoms with van der Waals surface area (Å²) in [5.74, 6) is -1.69. The number of ether oxygens (including phenoxy) is 1. The summed E-state index contributed by atoms with van der Waals surface area (Å²) in [7, 11) is 3.55. The van der Waals surface area contributed by atoms with Gasteiger partial charge < -0.3 is 25.0 Å². The summed E-state index contributed by atoms with van der Waals surface area (Å²) in [6, 6.07) is 15.1. The van der Waals surface area contributed by atoms with Crippen molar-refractivity contribution in [3.05, 3.63) is 59.7 Å². The predicted octanol–water partition coefficient (Wildman–Crippen LogP) is 3.17. The zero-order chi connectivity index (χ0) is 25.0. The lowest BCUT2D eigenvalue weighted by molar-refractivity contribution is -0.149. The predicted molar refractivity (Wildman–Crippen MR) is 130 cm³/mol. The molecule has 2 amide bonds. The fraction of sp³-hybridized carbons (Fsp3) is 0.423. The molecule has 0 heterocycles. The van der Waals surface area contributed by atoms with E-state index in [0.29, 0.717) is 0 Å². The highest BCUT2D eigenvalue weighted by atomic mass is 16.5. The van der Waals surface area contributed by atoms with E-state index in [1.54, 1.807) is 39.8 Å². The third kappa shape index (κ3) is 5.75. The van der Waals surface area contributed by atoms with Crippen LogP contribution in [0.15, 0.2) is 48.5 Å². The second-order valence-corrected chi connectivity index (χ2v) is 9.77. The molecule has 2 aromatic carbocycles. The van der Waals surface area contributed by atoms with Gasteiger partial charge in [0.2, 0.25) is 5.91 Å². The van der Waals surface area contributed by atoms with E-state index in [9.17, 15) is 19.5 Å². The van der Waals surface area contributed by atoms with Gasteiger partial charge in [0.05, 0.1) is 0 Å². The Morgan fingerprint density at radius 2 is 1.53 bits per heavy atom. The summed E-state index contributed by atoms with van der Waals surface area (Å²) in [4.78, 5) is 40.4. The van der Waals surface area contributed by atoms with Gasteiger partial charge in [-0.2, -0.15) is 0 Å². The molecule has 8 heteroatoms. The van der Waals surface area contributed by atoms with Crippen LogP contribution in [0.25, 0.3) is 11.1 Å². The van der Waals surface area contributed by atoms with E-state index < -0.39 is 36.1 Å². The third-order valence-electron chi connectivity index (χ3n) is 5.85. The molecule has 182 valence electrons. The maximum Gasteiger partial charge on any atom is 0.407 e. The monoisotopic (exact) mass is 467 g/mol. The molecule has 8 nitrogen and oxygen atoms in total. The molecule has 2 aromatic rings. The average Bonchev–Trinajstić information content (AvgIpc) is 3.08. The Labute approximate surface area is 200 Å². The van der Waals surface area contributed by atoms with E-state index in [-0.39, 0.29) is 19.1 Å². The van der Waals surface area contributed by atoms with Crippen LogP contribution < -0.4 is 5.32 Å². The first kappa shape index (κ1) is 25.2. The van der Waals surface area contributed by atoms with Crippen LogP contribution in [0.4, 0.5) is 4.79 Å². The molecule has 3 rings (SSSR count). The molecule has 0 saturated heterocycles. The molecule has 2 N–H and O–H groups in total. The van der Waals surface area contributed by atoms with Crippen LogP contribution in [0.5, 0.6) is 0 Å². The van der Waals surface area contributed by atoms with Crippen LogP contribution >= 0.6 is 0 Å². The second kappa shape index (κ2) is 10.3. The fourth-order valence-corrected chi connectivity index (χ4v) is 4.30. The van der Waals surface area contributed by atoms with Crippen LogP contribution in [-0.2, 0) is 14.3 Å². The summed E-state index contributed by atoms with van der Waals surface area (Å²) < 4.78 is 5.59. The van der Waals surface area contributed by atoms with Crippen molar-refractivity contribution < 1.29 is 24.2 Å². The number of nitrogens with one attached hydrogen (secondary N) is 1. The Morgan fingerprint density at radius 3 is 2.00 bits per heavy atom. The molecule has 0 fully saturated rings. The van der Waals surface area contributed by atoms with Crippen LogP contribution in [0.3, 0.4) is 0 Å². The van der Waals surface area contributed by atoms with Gasteiger partial charge in [0.15, 0.2) is 0 Å². The first-order valence-corrected chi connectivity index (χ1v) is 11.3. The number of amides is 2. The zero-order valence-corrected chi connectivity index (χ0v) is 20.4. The van der Waals surface area contributed by atoms with Gasteiger partial charge >= 0.3 is 12.1 Å². The molecule has 1 atom stereocenters. The van der Waals surface area contributed by atoms with Crippen molar-refractivity contribution in [1.82, 2.24) is 15.1 Å². The number of carbonyl (C=O) groups is 3. The van der Waals surface area contributed by atoms with Crippen LogP contribution in [0.2, 0.25) is 0 Å². The van der Waals surface area contributed by atoms with Gasteiger partial charge in [-0.1, -0.05) is 48.5 Å². The Kier molecular flexibility index (Phi) is 7.61. The molecule has 0 radical (unpaired) electrons. The Morgan fingerprint density at radius 1 is 1.00 bits per heavy atom. The molecule has 1 aliphatic carbocycles. The average molecular weight is 468 g/mol. The number of nitrogens with zero attached hydrogens (tertiary/aromatic N) is 2. The second-order valence-electron chi connectivity index (χ2n) is 9.77. The van der Waals surface area contributed by atoms with Gasteiger partial charge in [-0.25, -0.2) is 4.79 Å². The molecule has 1 aliphatic rings. The van der Waals surface area contributed by atoms with E-state index in [4.69, 9.17) is 4.74 Å². The molecule has 0 bridgehead atoms. The van der Waals surface area contributed by atoms with Gasteiger partial charge in [0, 0.05) is 18.0 Å². The van der Waals surface area contributed by atoms with Crippen molar-refractivity contribution in [2.24, 2.45) is 0 Å². The number of aliphatic carboxylic acids is 1. The van der Waals surface area contributed by atoms with Crippen LogP contribution in [0, 0.1) is 0 Å². The molecule has 0 aliphatic heterocycles. The Hall–Kier alpha value is -3.39.